The molecule has 1 N–H and O–H groups in total. The van der Waals surface area contributed by atoms with Gasteiger partial charge in [0.05, 0.1) is 17.3 Å². The van der Waals surface area contributed by atoms with E-state index in [2.05, 4.69) is 5.32 Å². The van der Waals surface area contributed by atoms with Gasteiger partial charge in [-0.1, -0.05) is 6.07 Å². The Kier molecular flexibility index (Phi) is 3.92. The van der Waals surface area contributed by atoms with Crippen molar-refractivity contribution in [3.8, 4) is 11.8 Å². The van der Waals surface area contributed by atoms with Crippen molar-refractivity contribution in [1.82, 2.24) is 0 Å². The molecule has 3 rings (SSSR count). The Labute approximate surface area is 139 Å². The maximum absolute atomic E-state index is 12.3. The highest BCUT2D eigenvalue weighted by Crippen LogP contribution is 2.35. The second kappa shape index (κ2) is 6.05. The Bertz CT molecular complexity index is 870. The molecule has 1 heterocycles. The Morgan fingerprint density at radius 2 is 2.08 bits per heavy atom. The lowest BCUT2D eigenvalue weighted by atomic mass is 10.1. The third-order valence-electron chi connectivity index (χ3n) is 3.81. The molecule has 1 unspecified atom stereocenters. The summed E-state index contributed by atoms with van der Waals surface area (Å²) in [6.07, 6.45) is -0.531. The summed E-state index contributed by atoms with van der Waals surface area (Å²) in [6.45, 7) is 1.69. The monoisotopic (exact) mass is 321 g/mol. The number of rotatable bonds is 2. The normalized spacial score (nSPS) is 16.0. The number of amides is 2. The molecular formula is C18H15N3O3. The number of carbonyl (C=O) groups excluding carboxylic acids is 2. The zero-order chi connectivity index (χ0) is 17.3. The smallest absolute Gasteiger partial charge is 0.267 e. The summed E-state index contributed by atoms with van der Waals surface area (Å²) in [5.41, 5.74) is 1.95. The Balaban J connectivity index is 1.85. The van der Waals surface area contributed by atoms with E-state index in [4.69, 9.17) is 10.00 Å². The lowest BCUT2D eigenvalue weighted by Crippen LogP contribution is -2.41. The van der Waals surface area contributed by atoms with Crippen LogP contribution in [0.3, 0.4) is 0 Å². The van der Waals surface area contributed by atoms with Gasteiger partial charge in [-0.15, -0.1) is 0 Å². The summed E-state index contributed by atoms with van der Waals surface area (Å²) < 4.78 is 5.55. The van der Waals surface area contributed by atoms with Gasteiger partial charge >= 0.3 is 0 Å². The quantitative estimate of drug-likeness (QED) is 0.921. The van der Waals surface area contributed by atoms with Crippen LogP contribution >= 0.6 is 0 Å². The molecule has 0 aromatic heterocycles. The molecule has 1 aliphatic heterocycles. The number of nitrogens with zero attached hydrogens (tertiary/aromatic N) is 2. The van der Waals surface area contributed by atoms with Crippen LogP contribution in [0, 0.1) is 11.3 Å². The third kappa shape index (κ3) is 2.79. The van der Waals surface area contributed by atoms with Gasteiger partial charge in [-0.3, -0.25) is 9.59 Å². The number of likely N-dealkylation sites (N-methyl/N-ethyl adjacent to an activating group) is 1. The fourth-order valence-electron chi connectivity index (χ4n) is 2.52. The van der Waals surface area contributed by atoms with Crippen molar-refractivity contribution in [1.29, 1.82) is 5.26 Å². The van der Waals surface area contributed by atoms with Crippen LogP contribution in [-0.2, 0) is 4.79 Å². The van der Waals surface area contributed by atoms with E-state index in [0.29, 0.717) is 28.3 Å². The Morgan fingerprint density at radius 3 is 2.83 bits per heavy atom. The molecule has 0 saturated heterocycles. The molecule has 0 radical (unpaired) electrons. The van der Waals surface area contributed by atoms with Crippen molar-refractivity contribution in [3.05, 3.63) is 53.6 Å². The van der Waals surface area contributed by atoms with Gasteiger partial charge in [0.2, 0.25) is 0 Å². The largest absolute Gasteiger partial charge is 0.479 e. The number of nitrogens with one attached hydrogen (secondary N) is 1. The second-order valence-corrected chi connectivity index (χ2v) is 5.49. The van der Waals surface area contributed by atoms with Crippen LogP contribution < -0.4 is 15.0 Å². The topological polar surface area (TPSA) is 82.4 Å². The average Bonchev–Trinajstić information content (AvgIpc) is 2.60. The Hall–Kier alpha value is -3.33. The van der Waals surface area contributed by atoms with Crippen molar-refractivity contribution in [2.24, 2.45) is 0 Å². The van der Waals surface area contributed by atoms with Crippen molar-refractivity contribution in [2.45, 2.75) is 13.0 Å². The van der Waals surface area contributed by atoms with E-state index in [9.17, 15) is 9.59 Å². The highest BCUT2D eigenvalue weighted by molar-refractivity contribution is 6.05. The number of fused-ring (bicyclic) bond motifs is 1. The molecule has 0 aliphatic carbocycles. The van der Waals surface area contributed by atoms with Gasteiger partial charge in [0.25, 0.3) is 11.8 Å². The van der Waals surface area contributed by atoms with Gasteiger partial charge in [-0.05, 0) is 43.3 Å². The standard InChI is InChI=1S/C18H15N3O3/c1-11-18(23)21(2)15-9-14(6-7-16(15)24-11)20-17(22)13-5-3-4-12(8-13)10-19/h3-9,11H,1-2H3,(H,20,22). The predicted molar refractivity (Wildman–Crippen MR) is 89.1 cm³/mol. The molecule has 0 fully saturated rings. The van der Waals surface area contributed by atoms with Crippen molar-refractivity contribution >= 4 is 23.2 Å². The average molecular weight is 321 g/mol. The van der Waals surface area contributed by atoms with E-state index in [-0.39, 0.29) is 11.8 Å². The van der Waals surface area contributed by atoms with Crippen LogP contribution in [0.5, 0.6) is 5.75 Å². The van der Waals surface area contributed by atoms with E-state index >= 15 is 0 Å². The highest BCUT2D eigenvalue weighted by atomic mass is 16.5. The van der Waals surface area contributed by atoms with Gasteiger partial charge in [0.1, 0.15) is 5.75 Å². The molecule has 0 spiro atoms. The van der Waals surface area contributed by atoms with Crippen molar-refractivity contribution in [3.63, 3.8) is 0 Å². The van der Waals surface area contributed by atoms with Crippen LogP contribution in [0.2, 0.25) is 0 Å². The lowest BCUT2D eigenvalue weighted by molar-refractivity contribution is -0.125. The predicted octanol–water partition coefficient (Wildman–Crippen LogP) is 2.55. The van der Waals surface area contributed by atoms with Gasteiger partial charge in [-0.2, -0.15) is 5.26 Å². The fraction of sp³-hybridized carbons (Fsp3) is 0.167. The number of carbonyl (C=O) groups is 2. The number of nitriles is 1. The molecule has 6 nitrogen and oxygen atoms in total. The van der Waals surface area contributed by atoms with Gasteiger partial charge in [-0.25, -0.2) is 0 Å². The minimum absolute atomic E-state index is 0.146. The molecule has 0 saturated carbocycles. The van der Waals surface area contributed by atoms with Gasteiger partial charge in [0, 0.05) is 18.3 Å². The number of anilines is 2. The van der Waals surface area contributed by atoms with Crippen LogP contribution in [0.1, 0.15) is 22.8 Å². The van der Waals surface area contributed by atoms with Crippen LogP contribution in [0.25, 0.3) is 0 Å². The van der Waals surface area contributed by atoms with Crippen LogP contribution in [0.4, 0.5) is 11.4 Å². The minimum atomic E-state index is -0.531. The lowest BCUT2D eigenvalue weighted by Gasteiger charge is -2.30. The summed E-state index contributed by atoms with van der Waals surface area (Å²) in [5, 5.41) is 11.7. The van der Waals surface area contributed by atoms with E-state index in [1.165, 1.54) is 11.0 Å². The van der Waals surface area contributed by atoms with E-state index in [1.54, 1.807) is 50.4 Å². The maximum atomic E-state index is 12.3. The Morgan fingerprint density at radius 1 is 1.29 bits per heavy atom. The molecule has 6 heteroatoms. The van der Waals surface area contributed by atoms with E-state index in [1.807, 2.05) is 6.07 Å². The van der Waals surface area contributed by atoms with Crippen molar-refractivity contribution < 1.29 is 14.3 Å². The number of benzene rings is 2. The van der Waals surface area contributed by atoms with Gasteiger partial charge < -0.3 is 15.0 Å². The van der Waals surface area contributed by atoms with E-state index in [0.717, 1.165) is 0 Å². The number of ether oxygens (including phenoxy) is 1. The first-order valence-electron chi connectivity index (χ1n) is 7.39. The van der Waals surface area contributed by atoms with Gasteiger partial charge in [0.15, 0.2) is 6.10 Å². The molecule has 120 valence electrons. The molecule has 2 amide bonds. The zero-order valence-electron chi connectivity index (χ0n) is 13.2. The third-order valence-corrected chi connectivity index (χ3v) is 3.81. The second-order valence-electron chi connectivity index (χ2n) is 5.49. The fourth-order valence-corrected chi connectivity index (χ4v) is 2.52. The summed E-state index contributed by atoms with van der Waals surface area (Å²) in [7, 11) is 1.67. The molecule has 1 aliphatic rings. The first-order chi connectivity index (χ1) is 11.5. The number of hydrogen-bond donors (Lipinski definition) is 1. The first-order valence-corrected chi connectivity index (χ1v) is 7.39. The van der Waals surface area contributed by atoms with E-state index < -0.39 is 6.10 Å². The van der Waals surface area contributed by atoms with Crippen LogP contribution in [-0.4, -0.2) is 25.0 Å². The highest BCUT2D eigenvalue weighted by Gasteiger charge is 2.29. The zero-order valence-corrected chi connectivity index (χ0v) is 13.2. The van der Waals surface area contributed by atoms with Crippen molar-refractivity contribution in [2.75, 3.05) is 17.3 Å². The minimum Gasteiger partial charge on any atom is -0.479 e. The molecule has 2 aromatic rings. The molecule has 1 atom stereocenters. The molecule has 0 bridgehead atoms. The summed E-state index contributed by atoms with van der Waals surface area (Å²) in [4.78, 5) is 25.8. The summed E-state index contributed by atoms with van der Waals surface area (Å²) in [5.74, 6) is 0.118. The summed E-state index contributed by atoms with van der Waals surface area (Å²) >= 11 is 0. The van der Waals surface area contributed by atoms with Crippen LogP contribution in [0.15, 0.2) is 42.5 Å². The molecule has 24 heavy (non-hydrogen) atoms. The SMILES string of the molecule is CC1Oc2ccc(NC(=O)c3cccc(C#N)c3)cc2N(C)C1=O. The number of hydrogen-bond acceptors (Lipinski definition) is 4. The maximum Gasteiger partial charge on any atom is 0.267 e. The first kappa shape index (κ1) is 15.6. The summed E-state index contributed by atoms with van der Waals surface area (Å²) in [6, 6.07) is 13.6. The molecular weight excluding hydrogens is 306 g/mol. The molecule has 2 aromatic carbocycles.